The van der Waals surface area contributed by atoms with Crippen molar-refractivity contribution in [2.24, 2.45) is 0 Å². The minimum absolute atomic E-state index is 0.254. The average molecular weight is 291 g/mol. The maximum atomic E-state index is 5.72. The molecule has 0 saturated heterocycles. The first-order valence-electron chi connectivity index (χ1n) is 7.11. The van der Waals surface area contributed by atoms with Gasteiger partial charge < -0.3 is 19.3 Å². The smallest absolute Gasteiger partial charge is 0.223 e. The number of ether oxygens (including phenoxy) is 2. The molecule has 114 valence electrons. The molecule has 2 aromatic rings. The van der Waals surface area contributed by atoms with E-state index < -0.39 is 0 Å². The van der Waals surface area contributed by atoms with Gasteiger partial charge in [0.15, 0.2) is 18.1 Å². The van der Waals surface area contributed by atoms with Crippen molar-refractivity contribution in [3.05, 3.63) is 35.5 Å². The van der Waals surface area contributed by atoms with E-state index in [-0.39, 0.29) is 6.61 Å². The van der Waals surface area contributed by atoms with Gasteiger partial charge in [0.25, 0.3) is 0 Å². The lowest BCUT2D eigenvalue weighted by Gasteiger charge is -2.12. The van der Waals surface area contributed by atoms with Crippen molar-refractivity contribution >= 4 is 0 Å². The number of aryl methyl sites for hydroxylation is 1. The zero-order valence-corrected chi connectivity index (χ0v) is 12.7. The van der Waals surface area contributed by atoms with Gasteiger partial charge in [0.2, 0.25) is 11.7 Å². The molecule has 0 aliphatic rings. The Balaban J connectivity index is 2.06. The van der Waals surface area contributed by atoms with Gasteiger partial charge in [0.1, 0.15) is 0 Å². The molecule has 1 N–H and O–H groups in total. The molecule has 0 bridgehead atoms. The first-order valence-corrected chi connectivity index (χ1v) is 7.11. The molecule has 0 amide bonds. The van der Waals surface area contributed by atoms with Gasteiger partial charge in [-0.15, -0.1) is 0 Å². The third-order valence-electron chi connectivity index (χ3n) is 2.81. The normalized spacial score (nSPS) is 10.6. The molecule has 0 spiro atoms. The lowest BCUT2D eigenvalue weighted by molar-refractivity contribution is 0.258. The molecule has 0 aliphatic heterocycles. The Bertz CT molecular complexity index is 569. The Hall–Kier alpha value is -2.08. The largest absolute Gasteiger partial charge is 0.490 e. The van der Waals surface area contributed by atoms with Gasteiger partial charge in [-0.2, -0.15) is 4.98 Å². The van der Waals surface area contributed by atoms with Crippen molar-refractivity contribution in [1.29, 1.82) is 0 Å². The van der Waals surface area contributed by atoms with Gasteiger partial charge in [0.05, 0.1) is 6.61 Å². The topological polar surface area (TPSA) is 69.4 Å². The minimum Gasteiger partial charge on any atom is -0.490 e. The van der Waals surface area contributed by atoms with Crippen molar-refractivity contribution in [1.82, 2.24) is 15.5 Å². The first kappa shape index (κ1) is 15.3. The third-order valence-corrected chi connectivity index (χ3v) is 2.81. The van der Waals surface area contributed by atoms with Gasteiger partial charge in [-0.25, -0.2) is 0 Å². The van der Waals surface area contributed by atoms with E-state index in [1.54, 1.807) is 6.92 Å². The third kappa shape index (κ3) is 4.46. The van der Waals surface area contributed by atoms with E-state index in [0.717, 1.165) is 24.4 Å². The highest BCUT2D eigenvalue weighted by Gasteiger charge is 2.09. The molecule has 1 aromatic carbocycles. The summed E-state index contributed by atoms with van der Waals surface area (Å²) in [7, 11) is 0. The van der Waals surface area contributed by atoms with Crippen molar-refractivity contribution in [3.63, 3.8) is 0 Å². The van der Waals surface area contributed by atoms with E-state index in [1.807, 2.05) is 25.1 Å². The summed E-state index contributed by atoms with van der Waals surface area (Å²) in [6, 6.07) is 5.91. The van der Waals surface area contributed by atoms with Crippen LogP contribution in [0.5, 0.6) is 11.5 Å². The fourth-order valence-electron chi connectivity index (χ4n) is 1.86. The molecule has 6 heteroatoms. The predicted molar refractivity (Wildman–Crippen MR) is 78.4 cm³/mol. The standard InChI is InChI=1S/C15H21N3O3/c1-4-16-9-12-6-7-13(14(8-12)19-5-2)20-10-15-17-11(3)21-18-15/h6-8,16H,4-5,9-10H2,1-3H3. The lowest BCUT2D eigenvalue weighted by atomic mass is 10.2. The quantitative estimate of drug-likeness (QED) is 0.805. The Labute approximate surface area is 124 Å². The second-order valence-corrected chi connectivity index (χ2v) is 4.51. The molecule has 2 rings (SSSR count). The number of hydrogen-bond acceptors (Lipinski definition) is 6. The molecule has 0 unspecified atom stereocenters. The van der Waals surface area contributed by atoms with Gasteiger partial charge >= 0.3 is 0 Å². The zero-order valence-electron chi connectivity index (χ0n) is 12.7. The number of aromatic nitrogens is 2. The van der Waals surface area contributed by atoms with E-state index in [0.29, 0.717) is 24.1 Å². The highest BCUT2D eigenvalue weighted by molar-refractivity contribution is 5.43. The van der Waals surface area contributed by atoms with E-state index >= 15 is 0 Å². The van der Waals surface area contributed by atoms with E-state index in [4.69, 9.17) is 14.0 Å². The lowest BCUT2D eigenvalue weighted by Crippen LogP contribution is -2.12. The summed E-state index contributed by atoms with van der Waals surface area (Å²) in [5.74, 6) is 2.46. The number of hydrogen-bond donors (Lipinski definition) is 1. The Morgan fingerprint density at radius 2 is 2.05 bits per heavy atom. The van der Waals surface area contributed by atoms with Crippen LogP contribution >= 0.6 is 0 Å². The van der Waals surface area contributed by atoms with Gasteiger partial charge in [0, 0.05) is 13.5 Å². The monoisotopic (exact) mass is 291 g/mol. The number of benzene rings is 1. The first-order chi connectivity index (χ1) is 10.2. The zero-order chi connectivity index (χ0) is 15.1. The van der Waals surface area contributed by atoms with Gasteiger partial charge in [-0.05, 0) is 31.2 Å². The molecule has 0 radical (unpaired) electrons. The maximum Gasteiger partial charge on any atom is 0.223 e. The molecule has 6 nitrogen and oxygen atoms in total. The summed E-state index contributed by atoms with van der Waals surface area (Å²) in [6.45, 7) is 8.35. The molecular formula is C15H21N3O3. The van der Waals surface area contributed by atoms with Crippen LogP contribution in [0.2, 0.25) is 0 Å². The molecule has 1 aromatic heterocycles. The Morgan fingerprint density at radius 1 is 1.19 bits per heavy atom. The van der Waals surface area contributed by atoms with Crippen LogP contribution < -0.4 is 14.8 Å². The Morgan fingerprint density at radius 3 is 2.71 bits per heavy atom. The van der Waals surface area contributed by atoms with Crippen molar-refractivity contribution in [2.45, 2.75) is 33.9 Å². The summed E-state index contributed by atoms with van der Waals surface area (Å²) >= 11 is 0. The summed E-state index contributed by atoms with van der Waals surface area (Å²) in [5, 5.41) is 7.09. The Kier molecular flexibility index (Phi) is 5.57. The highest BCUT2D eigenvalue weighted by atomic mass is 16.5. The fourth-order valence-corrected chi connectivity index (χ4v) is 1.86. The van der Waals surface area contributed by atoms with Crippen LogP contribution in [-0.2, 0) is 13.2 Å². The van der Waals surface area contributed by atoms with Crippen molar-refractivity contribution in [3.8, 4) is 11.5 Å². The summed E-state index contributed by atoms with van der Waals surface area (Å²) in [4.78, 5) is 4.11. The van der Waals surface area contributed by atoms with Gasteiger partial charge in [-0.1, -0.05) is 18.1 Å². The molecule has 0 saturated carbocycles. The van der Waals surface area contributed by atoms with Crippen LogP contribution in [0.4, 0.5) is 0 Å². The van der Waals surface area contributed by atoms with Crippen molar-refractivity contribution in [2.75, 3.05) is 13.2 Å². The predicted octanol–water partition coefficient (Wildman–Crippen LogP) is 2.47. The van der Waals surface area contributed by atoms with Crippen LogP contribution in [0.15, 0.2) is 22.7 Å². The molecule has 0 aliphatic carbocycles. The molecule has 0 fully saturated rings. The van der Waals surface area contributed by atoms with E-state index in [1.165, 1.54) is 0 Å². The van der Waals surface area contributed by atoms with Crippen LogP contribution in [-0.4, -0.2) is 23.3 Å². The van der Waals surface area contributed by atoms with Crippen LogP contribution in [0, 0.1) is 6.92 Å². The van der Waals surface area contributed by atoms with Crippen molar-refractivity contribution < 1.29 is 14.0 Å². The fraction of sp³-hybridized carbons (Fsp3) is 0.467. The number of nitrogens with zero attached hydrogens (tertiary/aromatic N) is 2. The summed E-state index contributed by atoms with van der Waals surface area (Å²) in [6.07, 6.45) is 0. The molecular weight excluding hydrogens is 270 g/mol. The maximum absolute atomic E-state index is 5.72. The SMILES string of the molecule is CCNCc1ccc(OCc2noc(C)n2)c(OCC)c1. The number of rotatable bonds is 8. The highest BCUT2D eigenvalue weighted by Crippen LogP contribution is 2.29. The summed E-state index contributed by atoms with van der Waals surface area (Å²) in [5.41, 5.74) is 1.16. The van der Waals surface area contributed by atoms with Crippen LogP contribution in [0.1, 0.15) is 31.1 Å². The van der Waals surface area contributed by atoms with Crippen LogP contribution in [0.3, 0.4) is 0 Å². The second-order valence-electron chi connectivity index (χ2n) is 4.51. The number of nitrogens with one attached hydrogen (secondary N) is 1. The minimum atomic E-state index is 0.254. The summed E-state index contributed by atoms with van der Waals surface area (Å²) < 4.78 is 16.3. The second kappa shape index (κ2) is 7.64. The molecule has 0 atom stereocenters. The average Bonchev–Trinajstić information content (AvgIpc) is 2.90. The van der Waals surface area contributed by atoms with Crippen LogP contribution in [0.25, 0.3) is 0 Å². The van der Waals surface area contributed by atoms with E-state index in [2.05, 4.69) is 22.4 Å². The van der Waals surface area contributed by atoms with E-state index in [9.17, 15) is 0 Å². The molecule has 21 heavy (non-hydrogen) atoms. The van der Waals surface area contributed by atoms with Gasteiger partial charge in [-0.3, -0.25) is 0 Å². The molecule has 1 heterocycles.